The van der Waals surface area contributed by atoms with Crippen LogP contribution >= 0.6 is 0 Å². The molecule has 0 aliphatic heterocycles. The molecule has 2 N–H and O–H groups in total. The van der Waals surface area contributed by atoms with E-state index in [4.69, 9.17) is 10.3 Å². The number of aromatic nitrogens is 2. The Balaban J connectivity index is 2.40. The van der Waals surface area contributed by atoms with E-state index in [1.165, 1.54) is 12.1 Å². The Morgan fingerprint density at radius 1 is 1.41 bits per heavy atom. The molecule has 90 valence electrons. The van der Waals surface area contributed by atoms with Gasteiger partial charge in [-0.1, -0.05) is 18.1 Å². The molecule has 0 saturated carbocycles. The summed E-state index contributed by atoms with van der Waals surface area (Å²) in [5.74, 6) is -1.70. The average Bonchev–Trinajstić information content (AvgIpc) is 2.81. The molecule has 6 heteroatoms. The zero-order valence-corrected chi connectivity index (χ0v) is 9.15. The van der Waals surface area contributed by atoms with Crippen LogP contribution in [0.2, 0.25) is 0 Å². The highest BCUT2D eigenvalue weighted by Crippen LogP contribution is 2.24. The topological polar surface area (TPSA) is 64.9 Å². The molecular formula is C11H11F2N3O. The van der Waals surface area contributed by atoms with Gasteiger partial charge in [0.25, 0.3) is 5.89 Å². The second-order valence-corrected chi connectivity index (χ2v) is 3.70. The molecule has 1 atom stereocenters. The zero-order valence-electron chi connectivity index (χ0n) is 9.15. The predicted molar refractivity (Wildman–Crippen MR) is 57.1 cm³/mol. The highest BCUT2D eigenvalue weighted by molar-refractivity contribution is 5.53. The highest BCUT2D eigenvalue weighted by Gasteiger charge is 2.18. The Labute approximate surface area is 96.4 Å². The molecule has 0 aliphatic rings. The van der Waals surface area contributed by atoms with E-state index in [1.807, 2.05) is 6.92 Å². The van der Waals surface area contributed by atoms with Gasteiger partial charge in [-0.05, 0) is 12.1 Å². The zero-order chi connectivity index (χ0) is 12.4. The molecule has 4 nitrogen and oxygen atoms in total. The SMILES string of the molecule is CC(CN)c1noc(-c2cccc(F)c2F)n1. The van der Waals surface area contributed by atoms with Crippen molar-refractivity contribution in [2.75, 3.05) is 6.54 Å². The van der Waals surface area contributed by atoms with Gasteiger partial charge in [0.1, 0.15) is 0 Å². The summed E-state index contributed by atoms with van der Waals surface area (Å²) in [4.78, 5) is 3.99. The van der Waals surface area contributed by atoms with Crippen molar-refractivity contribution in [1.29, 1.82) is 0 Å². The van der Waals surface area contributed by atoms with Crippen molar-refractivity contribution in [2.45, 2.75) is 12.8 Å². The molecule has 2 aromatic rings. The second-order valence-electron chi connectivity index (χ2n) is 3.70. The van der Waals surface area contributed by atoms with Gasteiger partial charge in [-0.2, -0.15) is 4.98 Å². The van der Waals surface area contributed by atoms with Crippen LogP contribution in [-0.2, 0) is 0 Å². The first-order chi connectivity index (χ1) is 8.13. The number of rotatable bonds is 3. The van der Waals surface area contributed by atoms with E-state index in [0.29, 0.717) is 12.4 Å². The summed E-state index contributed by atoms with van der Waals surface area (Å²) in [6.45, 7) is 2.17. The van der Waals surface area contributed by atoms with Gasteiger partial charge in [0.05, 0.1) is 5.56 Å². The third-order valence-electron chi connectivity index (χ3n) is 2.42. The standard InChI is InChI=1S/C11H11F2N3O/c1-6(5-14)10-15-11(17-16-10)7-3-2-4-8(12)9(7)13/h2-4,6H,5,14H2,1H3. The lowest BCUT2D eigenvalue weighted by molar-refractivity contribution is 0.414. The Morgan fingerprint density at radius 3 is 2.88 bits per heavy atom. The lowest BCUT2D eigenvalue weighted by Crippen LogP contribution is -2.10. The van der Waals surface area contributed by atoms with Gasteiger partial charge in [-0.15, -0.1) is 0 Å². The minimum Gasteiger partial charge on any atom is -0.334 e. The lowest BCUT2D eigenvalue weighted by atomic mass is 10.1. The fourth-order valence-corrected chi connectivity index (χ4v) is 1.32. The maximum absolute atomic E-state index is 13.5. The van der Waals surface area contributed by atoms with Gasteiger partial charge in [-0.3, -0.25) is 0 Å². The van der Waals surface area contributed by atoms with Gasteiger partial charge >= 0.3 is 0 Å². The molecular weight excluding hydrogens is 228 g/mol. The summed E-state index contributed by atoms with van der Waals surface area (Å²) in [7, 11) is 0. The molecule has 1 aromatic heterocycles. The molecule has 0 saturated heterocycles. The van der Waals surface area contributed by atoms with Crippen LogP contribution in [0.4, 0.5) is 8.78 Å². The molecule has 2 rings (SSSR count). The minimum absolute atomic E-state index is 0.0442. The molecule has 0 amide bonds. The molecule has 0 aliphatic carbocycles. The van der Waals surface area contributed by atoms with Gasteiger partial charge in [-0.25, -0.2) is 8.78 Å². The van der Waals surface area contributed by atoms with Crippen molar-refractivity contribution in [3.63, 3.8) is 0 Å². The van der Waals surface area contributed by atoms with E-state index < -0.39 is 11.6 Å². The molecule has 1 unspecified atom stereocenters. The smallest absolute Gasteiger partial charge is 0.261 e. The number of hydrogen-bond acceptors (Lipinski definition) is 4. The normalized spacial score (nSPS) is 12.7. The third kappa shape index (κ3) is 2.16. The van der Waals surface area contributed by atoms with Crippen molar-refractivity contribution in [2.24, 2.45) is 5.73 Å². The van der Waals surface area contributed by atoms with E-state index >= 15 is 0 Å². The second kappa shape index (κ2) is 4.58. The van der Waals surface area contributed by atoms with Crippen LogP contribution in [0, 0.1) is 11.6 Å². The number of nitrogens with two attached hydrogens (primary N) is 1. The summed E-state index contributed by atoms with van der Waals surface area (Å²) in [6, 6.07) is 3.78. The van der Waals surface area contributed by atoms with Crippen LogP contribution in [0.15, 0.2) is 22.7 Å². The van der Waals surface area contributed by atoms with E-state index in [1.54, 1.807) is 0 Å². The first-order valence-electron chi connectivity index (χ1n) is 5.11. The maximum atomic E-state index is 13.5. The maximum Gasteiger partial charge on any atom is 0.261 e. The van der Waals surface area contributed by atoms with Crippen molar-refractivity contribution in [3.05, 3.63) is 35.7 Å². The van der Waals surface area contributed by atoms with Crippen molar-refractivity contribution >= 4 is 0 Å². The van der Waals surface area contributed by atoms with Gasteiger partial charge < -0.3 is 10.3 Å². The first kappa shape index (κ1) is 11.7. The molecule has 0 spiro atoms. The van der Waals surface area contributed by atoms with E-state index in [9.17, 15) is 8.78 Å². The van der Waals surface area contributed by atoms with E-state index in [-0.39, 0.29) is 17.4 Å². The predicted octanol–water partition coefficient (Wildman–Crippen LogP) is 2.08. The molecule has 0 radical (unpaired) electrons. The Hall–Kier alpha value is -1.82. The fraction of sp³-hybridized carbons (Fsp3) is 0.273. The van der Waals surface area contributed by atoms with Crippen molar-refractivity contribution in [1.82, 2.24) is 10.1 Å². The van der Waals surface area contributed by atoms with Crippen LogP contribution < -0.4 is 5.73 Å². The number of hydrogen-bond donors (Lipinski definition) is 1. The molecule has 0 fully saturated rings. The number of benzene rings is 1. The van der Waals surface area contributed by atoms with Crippen LogP contribution in [0.1, 0.15) is 18.7 Å². The lowest BCUT2D eigenvalue weighted by Gasteiger charge is -1.99. The average molecular weight is 239 g/mol. The summed E-state index contributed by atoms with van der Waals surface area (Å²) >= 11 is 0. The van der Waals surface area contributed by atoms with E-state index in [0.717, 1.165) is 6.07 Å². The minimum atomic E-state index is -0.997. The largest absolute Gasteiger partial charge is 0.334 e. The quantitative estimate of drug-likeness (QED) is 0.890. The number of nitrogens with zero attached hydrogens (tertiary/aromatic N) is 2. The molecule has 0 bridgehead atoms. The third-order valence-corrected chi connectivity index (χ3v) is 2.42. The van der Waals surface area contributed by atoms with Crippen molar-refractivity contribution in [3.8, 4) is 11.5 Å². The molecule has 1 aromatic carbocycles. The van der Waals surface area contributed by atoms with Crippen LogP contribution in [0.5, 0.6) is 0 Å². The fourth-order valence-electron chi connectivity index (χ4n) is 1.32. The van der Waals surface area contributed by atoms with Gasteiger partial charge in [0.15, 0.2) is 17.5 Å². The van der Waals surface area contributed by atoms with Crippen LogP contribution in [-0.4, -0.2) is 16.7 Å². The summed E-state index contributed by atoms with van der Waals surface area (Å²) in [5.41, 5.74) is 5.40. The Kier molecular flexibility index (Phi) is 3.14. The molecule has 1 heterocycles. The van der Waals surface area contributed by atoms with Crippen LogP contribution in [0.3, 0.4) is 0 Å². The Bertz CT molecular complexity index is 527. The van der Waals surface area contributed by atoms with Gasteiger partial charge in [0, 0.05) is 12.5 Å². The van der Waals surface area contributed by atoms with Crippen LogP contribution in [0.25, 0.3) is 11.5 Å². The number of halogens is 2. The van der Waals surface area contributed by atoms with E-state index in [2.05, 4.69) is 10.1 Å². The van der Waals surface area contributed by atoms with Crippen molar-refractivity contribution < 1.29 is 13.3 Å². The highest BCUT2D eigenvalue weighted by atomic mass is 19.2. The molecule has 17 heavy (non-hydrogen) atoms. The summed E-state index contributed by atoms with van der Waals surface area (Å²) in [6.07, 6.45) is 0. The Morgan fingerprint density at radius 2 is 2.18 bits per heavy atom. The monoisotopic (exact) mass is 239 g/mol. The first-order valence-corrected chi connectivity index (χ1v) is 5.11. The van der Waals surface area contributed by atoms with Gasteiger partial charge in [0.2, 0.25) is 0 Å². The summed E-state index contributed by atoms with van der Waals surface area (Å²) in [5, 5.41) is 3.68. The summed E-state index contributed by atoms with van der Waals surface area (Å²) < 4.78 is 31.3.